The standard InChI is InChI=1S/C22H22N2.C14H20N2O/c1-6-16-13-22(24-21(16)7-2)15(5)23-20-9-8-17-10-18(14(3)4)11-19(17)12-20;1-4-9(5-2)12-8(3)6-11(17)14-13(12)10(15)7-16-14/h6-9,11-13,23-24H,1-3,5,10H2,4H3;6-7,9,16-17H,4-5,15H2,1-3H3. The molecule has 1 aliphatic rings. The van der Waals surface area contributed by atoms with Gasteiger partial charge in [-0.15, -0.1) is 0 Å². The van der Waals surface area contributed by atoms with Gasteiger partial charge >= 0.3 is 0 Å². The maximum atomic E-state index is 9.93. The lowest BCUT2D eigenvalue weighted by molar-refractivity contribution is 0.479. The summed E-state index contributed by atoms with van der Waals surface area (Å²) in [6, 6.07) is 10.3. The van der Waals surface area contributed by atoms with Crippen molar-refractivity contribution >= 4 is 46.2 Å². The van der Waals surface area contributed by atoms with Crippen molar-refractivity contribution < 1.29 is 5.11 Å². The molecule has 41 heavy (non-hydrogen) atoms. The van der Waals surface area contributed by atoms with Crippen molar-refractivity contribution in [1.29, 1.82) is 0 Å². The van der Waals surface area contributed by atoms with E-state index in [9.17, 15) is 5.11 Å². The maximum Gasteiger partial charge on any atom is 0.139 e. The van der Waals surface area contributed by atoms with Gasteiger partial charge in [0.1, 0.15) is 5.75 Å². The van der Waals surface area contributed by atoms with Crippen molar-refractivity contribution in [2.45, 2.75) is 52.9 Å². The van der Waals surface area contributed by atoms with Gasteiger partial charge in [-0.05, 0) is 103 Å². The van der Waals surface area contributed by atoms with Gasteiger partial charge in [-0.1, -0.05) is 64.0 Å². The fourth-order valence-electron chi connectivity index (χ4n) is 5.62. The number of benzene rings is 2. The predicted octanol–water partition coefficient (Wildman–Crippen LogP) is 9.57. The molecule has 0 amide bonds. The normalized spacial score (nSPS) is 12.0. The first-order chi connectivity index (χ1) is 19.6. The van der Waals surface area contributed by atoms with Gasteiger partial charge in [0, 0.05) is 23.0 Å². The summed E-state index contributed by atoms with van der Waals surface area (Å²) in [7, 11) is 0. The molecule has 0 unspecified atom stereocenters. The second-order valence-electron chi connectivity index (χ2n) is 10.7. The number of hydrogen-bond acceptors (Lipinski definition) is 3. The molecule has 0 fully saturated rings. The molecule has 2 aromatic heterocycles. The molecule has 6 N–H and O–H groups in total. The zero-order valence-corrected chi connectivity index (χ0v) is 24.7. The van der Waals surface area contributed by atoms with E-state index in [0.717, 1.165) is 75.3 Å². The number of nitrogens with one attached hydrogen (secondary N) is 3. The van der Waals surface area contributed by atoms with E-state index in [1.165, 1.54) is 22.3 Å². The summed E-state index contributed by atoms with van der Waals surface area (Å²) < 4.78 is 0. The van der Waals surface area contributed by atoms with Crippen molar-refractivity contribution in [2.75, 3.05) is 11.1 Å². The van der Waals surface area contributed by atoms with Gasteiger partial charge in [0.15, 0.2) is 0 Å². The van der Waals surface area contributed by atoms with E-state index in [4.69, 9.17) is 5.73 Å². The average Bonchev–Trinajstić information content (AvgIpc) is 3.68. The van der Waals surface area contributed by atoms with Crippen molar-refractivity contribution in [3.05, 3.63) is 113 Å². The lowest BCUT2D eigenvalue weighted by Crippen LogP contribution is -2.00. The summed E-state index contributed by atoms with van der Waals surface area (Å²) >= 11 is 0. The highest BCUT2D eigenvalue weighted by atomic mass is 16.3. The van der Waals surface area contributed by atoms with Gasteiger partial charge in [0.25, 0.3) is 0 Å². The van der Waals surface area contributed by atoms with Crippen molar-refractivity contribution in [3.8, 4) is 5.75 Å². The monoisotopic (exact) mass is 546 g/mol. The zero-order valence-electron chi connectivity index (χ0n) is 24.7. The Morgan fingerprint density at radius 1 is 1.12 bits per heavy atom. The second kappa shape index (κ2) is 12.3. The number of phenols is 1. The van der Waals surface area contributed by atoms with Crippen LogP contribution in [0.5, 0.6) is 5.75 Å². The van der Waals surface area contributed by atoms with E-state index in [0.29, 0.717) is 5.92 Å². The Balaban J connectivity index is 0.000000201. The first-order valence-electron chi connectivity index (χ1n) is 14.1. The van der Waals surface area contributed by atoms with Crippen molar-refractivity contribution in [3.63, 3.8) is 0 Å². The van der Waals surface area contributed by atoms with Gasteiger partial charge in [0.05, 0.1) is 22.6 Å². The molecule has 5 rings (SSSR count). The predicted molar refractivity (Wildman–Crippen MR) is 179 cm³/mol. The van der Waals surface area contributed by atoms with E-state index >= 15 is 0 Å². The number of phenolic OH excluding ortho intramolecular Hbond substituents is 1. The third-order valence-electron chi connectivity index (χ3n) is 7.94. The fraction of sp³-hybridized carbons (Fsp3) is 0.222. The minimum atomic E-state index is 0.281. The number of hydrogen-bond donors (Lipinski definition) is 5. The van der Waals surface area contributed by atoms with E-state index < -0.39 is 0 Å². The summed E-state index contributed by atoms with van der Waals surface area (Å²) in [5.74, 6) is 0.778. The molecule has 0 aliphatic heterocycles. The molecule has 5 heteroatoms. The molecule has 0 atom stereocenters. The molecule has 4 aromatic rings. The number of aromatic hydroxyl groups is 1. The highest BCUT2D eigenvalue weighted by molar-refractivity contribution is 5.98. The largest absolute Gasteiger partial charge is 0.506 e. The van der Waals surface area contributed by atoms with Crippen LogP contribution in [0.4, 0.5) is 11.4 Å². The van der Waals surface area contributed by atoms with Gasteiger partial charge in [-0.25, -0.2) is 0 Å². The Morgan fingerprint density at radius 2 is 1.85 bits per heavy atom. The lowest BCUT2D eigenvalue weighted by Gasteiger charge is -2.18. The van der Waals surface area contributed by atoms with E-state index in [1.807, 2.05) is 25.1 Å². The molecule has 2 aromatic carbocycles. The third-order valence-corrected chi connectivity index (χ3v) is 7.94. The van der Waals surface area contributed by atoms with E-state index in [2.05, 4.69) is 86.6 Å². The second-order valence-corrected chi connectivity index (χ2v) is 10.7. The Bertz CT molecular complexity index is 1650. The van der Waals surface area contributed by atoms with Crippen LogP contribution in [0.3, 0.4) is 0 Å². The quantitative estimate of drug-likeness (QED) is 0.145. The van der Waals surface area contributed by atoms with Crippen LogP contribution in [-0.4, -0.2) is 15.1 Å². The van der Waals surface area contributed by atoms with Crippen LogP contribution in [0.15, 0.2) is 74.0 Å². The molecule has 0 radical (unpaired) electrons. The summed E-state index contributed by atoms with van der Waals surface area (Å²) in [5, 5.41) is 14.3. The molecule has 212 valence electrons. The van der Waals surface area contributed by atoms with Crippen LogP contribution in [0.2, 0.25) is 0 Å². The minimum Gasteiger partial charge on any atom is -0.506 e. The molecule has 2 heterocycles. The van der Waals surface area contributed by atoms with Crippen molar-refractivity contribution in [1.82, 2.24) is 9.97 Å². The lowest BCUT2D eigenvalue weighted by atomic mass is 9.87. The molecular weight excluding hydrogens is 504 g/mol. The average molecular weight is 547 g/mol. The number of allylic oxidation sites excluding steroid dienone is 2. The summed E-state index contributed by atoms with van der Waals surface area (Å²) in [4.78, 5) is 6.35. The smallest absolute Gasteiger partial charge is 0.139 e. The van der Waals surface area contributed by atoms with Crippen molar-refractivity contribution in [2.24, 2.45) is 0 Å². The first-order valence-corrected chi connectivity index (χ1v) is 14.1. The summed E-state index contributed by atoms with van der Waals surface area (Å²) in [6.45, 7) is 24.3. The number of nitrogen functional groups attached to an aromatic ring is 1. The molecule has 0 saturated carbocycles. The van der Waals surface area contributed by atoms with Crippen LogP contribution >= 0.6 is 0 Å². The Labute approximate surface area is 243 Å². The Kier molecular flexibility index (Phi) is 8.77. The number of aryl methyl sites for hydroxylation is 1. The summed E-state index contributed by atoms with van der Waals surface area (Å²) in [6.07, 6.45) is 10.7. The molecular formula is C36H42N4O. The van der Waals surface area contributed by atoms with Gasteiger partial charge in [0.2, 0.25) is 0 Å². The number of nitrogens with two attached hydrogens (primary N) is 1. The summed E-state index contributed by atoms with van der Waals surface area (Å²) in [5.41, 5.74) is 19.7. The number of H-pyrrole nitrogens is 2. The Hall–Kier alpha value is -4.64. The van der Waals surface area contributed by atoms with Gasteiger partial charge in [-0.3, -0.25) is 0 Å². The fourth-order valence-corrected chi connectivity index (χ4v) is 5.62. The zero-order chi connectivity index (χ0) is 29.8. The number of aromatic amines is 2. The maximum absolute atomic E-state index is 9.93. The first kappa shape index (κ1) is 29.3. The third kappa shape index (κ3) is 5.94. The van der Waals surface area contributed by atoms with E-state index in [1.54, 1.807) is 12.3 Å². The molecule has 0 bridgehead atoms. The van der Waals surface area contributed by atoms with Crippen LogP contribution in [0.25, 0.3) is 34.8 Å². The van der Waals surface area contributed by atoms with Crippen LogP contribution in [0, 0.1) is 6.92 Å². The SMILES string of the molecule is C=Cc1cc(C(=C)Nc2ccc3c(c2)C=C(C(=C)C)C3)[nH]c1C=C.CCC(CC)c1c(C)cc(O)c2[nH]cc(N)c12. The molecule has 5 nitrogen and oxygen atoms in total. The topological polar surface area (TPSA) is 89.9 Å². The molecule has 1 aliphatic carbocycles. The van der Waals surface area contributed by atoms with E-state index in [-0.39, 0.29) is 5.75 Å². The Morgan fingerprint density at radius 3 is 2.46 bits per heavy atom. The number of anilines is 2. The number of aromatic nitrogens is 2. The van der Waals surface area contributed by atoms with Crippen LogP contribution < -0.4 is 11.1 Å². The highest BCUT2D eigenvalue weighted by Gasteiger charge is 2.19. The highest BCUT2D eigenvalue weighted by Crippen LogP contribution is 2.39. The minimum absolute atomic E-state index is 0.281. The van der Waals surface area contributed by atoms with Crippen LogP contribution in [0.1, 0.15) is 78.7 Å². The van der Waals surface area contributed by atoms with Gasteiger partial charge in [-0.2, -0.15) is 0 Å². The van der Waals surface area contributed by atoms with Gasteiger partial charge < -0.3 is 26.1 Å². The number of rotatable bonds is 9. The number of fused-ring (bicyclic) bond motifs is 2. The van der Waals surface area contributed by atoms with Crippen LogP contribution in [-0.2, 0) is 6.42 Å². The molecule has 0 saturated heterocycles. The molecule has 0 spiro atoms.